The van der Waals surface area contributed by atoms with Gasteiger partial charge in [-0.2, -0.15) is 4.98 Å². The molecule has 11 heteroatoms. The Bertz CT molecular complexity index is 1570. The second kappa shape index (κ2) is 8.41. The Labute approximate surface area is 210 Å². The minimum Gasteiger partial charge on any atom is -0.324 e. The van der Waals surface area contributed by atoms with Gasteiger partial charge in [-0.1, -0.05) is 12.1 Å². The van der Waals surface area contributed by atoms with E-state index >= 15 is 4.39 Å². The summed E-state index contributed by atoms with van der Waals surface area (Å²) in [6, 6.07) is 10.4. The van der Waals surface area contributed by atoms with E-state index in [1.165, 1.54) is 32.8 Å². The zero-order valence-electron chi connectivity index (χ0n) is 20.4. The van der Waals surface area contributed by atoms with Crippen LogP contribution in [0.3, 0.4) is 0 Å². The molecule has 2 aliphatic rings. The van der Waals surface area contributed by atoms with Crippen LogP contribution in [0.4, 0.5) is 24.8 Å². The molecule has 0 bridgehead atoms. The lowest BCUT2D eigenvalue weighted by atomic mass is 9.76. The number of fused-ring (bicyclic) bond motifs is 2. The van der Waals surface area contributed by atoms with Crippen LogP contribution in [0.2, 0.25) is 0 Å². The lowest BCUT2D eigenvalue weighted by Gasteiger charge is -2.40. The second-order valence-electron chi connectivity index (χ2n) is 10.1. The van der Waals surface area contributed by atoms with Crippen molar-refractivity contribution >= 4 is 22.7 Å². The third-order valence-electron chi connectivity index (χ3n) is 6.95. The fourth-order valence-electron chi connectivity index (χ4n) is 5.17. The number of anilines is 2. The average molecular weight is 510 g/mol. The summed E-state index contributed by atoms with van der Waals surface area (Å²) in [5, 5.41) is 6.83. The third-order valence-corrected chi connectivity index (χ3v) is 6.95. The molecule has 0 unspecified atom stereocenters. The Morgan fingerprint density at radius 1 is 1.08 bits per heavy atom. The predicted octanol–water partition coefficient (Wildman–Crippen LogP) is 4.54. The molecule has 1 aliphatic carbocycles. The van der Waals surface area contributed by atoms with Gasteiger partial charge in [0.25, 0.3) is 11.5 Å². The summed E-state index contributed by atoms with van der Waals surface area (Å²) >= 11 is 0. The zero-order chi connectivity index (χ0) is 25.9. The normalized spacial score (nSPS) is 18.0. The lowest BCUT2D eigenvalue weighted by Crippen LogP contribution is -2.46. The van der Waals surface area contributed by atoms with Crippen molar-refractivity contribution in [1.29, 1.82) is 0 Å². The number of benzene rings is 1. The molecule has 8 nitrogen and oxygen atoms in total. The van der Waals surface area contributed by atoms with Gasteiger partial charge >= 0.3 is 0 Å². The molecule has 1 aliphatic heterocycles. The highest BCUT2D eigenvalue weighted by molar-refractivity contribution is 5.77. The molecular formula is C26H26F3N7O. The molecule has 0 radical (unpaired) electrons. The summed E-state index contributed by atoms with van der Waals surface area (Å²) in [5.74, 6) is -2.55. The summed E-state index contributed by atoms with van der Waals surface area (Å²) in [6.45, 7) is 5.39. The lowest BCUT2D eigenvalue weighted by molar-refractivity contribution is -0.176. The first-order chi connectivity index (χ1) is 17.6. The van der Waals surface area contributed by atoms with Crippen LogP contribution in [0.25, 0.3) is 16.9 Å². The quantitative estimate of drug-likeness (QED) is 0.411. The van der Waals surface area contributed by atoms with Crippen LogP contribution >= 0.6 is 0 Å². The van der Waals surface area contributed by atoms with Crippen molar-refractivity contribution in [1.82, 2.24) is 29.6 Å². The van der Waals surface area contributed by atoms with Gasteiger partial charge in [-0.05, 0) is 62.2 Å². The van der Waals surface area contributed by atoms with Crippen LogP contribution in [0.15, 0.2) is 47.4 Å². The van der Waals surface area contributed by atoms with Crippen LogP contribution in [-0.4, -0.2) is 36.8 Å². The smallest absolute Gasteiger partial charge is 0.278 e. The summed E-state index contributed by atoms with van der Waals surface area (Å²) in [6.07, 6.45) is 0.602. The van der Waals surface area contributed by atoms with E-state index < -0.39 is 24.4 Å². The molecule has 0 spiro atoms. The van der Waals surface area contributed by atoms with Crippen LogP contribution in [0, 0.1) is 0 Å². The van der Waals surface area contributed by atoms with E-state index in [2.05, 4.69) is 31.7 Å². The number of aromatic nitrogens is 5. The van der Waals surface area contributed by atoms with Crippen LogP contribution < -0.4 is 16.2 Å². The Morgan fingerprint density at radius 3 is 2.65 bits per heavy atom. The van der Waals surface area contributed by atoms with Gasteiger partial charge in [-0.25, -0.2) is 32.5 Å². The van der Waals surface area contributed by atoms with E-state index in [1.54, 1.807) is 12.1 Å². The standard InChI is InChI=1S/C26H26F3N7O/c1-15(2)35-23(37)19-12-31-24(32-18-7-6-16-8-9-30-11-17(16)10-18)34-22(19)36(35)21-5-3-4-20(33-21)25(27)13-26(28,29)14-25/h3-7,10,12,15,30H,8-9,11,13-14H2,1-2H3,(H,31,32,34). The van der Waals surface area contributed by atoms with E-state index in [-0.39, 0.29) is 40.1 Å². The summed E-state index contributed by atoms with van der Waals surface area (Å²) in [4.78, 5) is 26.6. The van der Waals surface area contributed by atoms with Gasteiger partial charge in [-0.15, -0.1) is 0 Å². The number of alkyl halides is 3. The van der Waals surface area contributed by atoms with Gasteiger partial charge in [0.05, 0.1) is 18.5 Å². The van der Waals surface area contributed by atoms with Gasteiger partial charge in [0.15, 0.2) is 17.1 Å². The second-order valence-corrected chi connectivity index (χ2v) is 10.1. The van der Waals surface area contributed by atoms with E-state index in [1.807, 2.05) is 26.0 Å². The highest BCUT2D eigenvalue weighted by atomic mass is 19.3. The molecule has 1 fully saturated rings. The van der Waals surface area contributed by atoms with Crippen molar-refractivity contribution in [3.05, 3.63) is 69.8 Å². The summed E-state index contributed by atoms with van der Waals surface area (Å²) < 4.78 is 45.1. The molecule has 0 amide bonds. The molecule has 3 aromatic heterocycles. The number of hydrogen-bond acceptors (Lipinski definition) is 6. The van der Waals surface area contributed by atoms with Gasteiger partial charge in [0.1, 0.15) is 5.39 Å². The fraction of sp³-hybridized carbons (Fsp3) is 0.385. The molecule has 4 aromatic rings. The highest BCUT2D eigenvalue weighted by Crippen LogP contribution is 2.53. The van der Waals surface area contributed by atoms with Crippen molar-refractivity contribution in [3.63, 3.8) is 0 Å². The number of halogens is 3. The Morgan fingerprint density at radius 2 is 1.89 bits per heavy atom. The monoisotopic (exact) mass is 509 g/mol. The average Bonchev–Trinajstić information content (AvgIpc) is 3.14. The molecule has 6 rings (SSSR count). The minimum atomic E-state index is -3.05. The Kier molecular flexibility index (Phi) is 5.37. The Hall–Kier alpha value is -3.73. The first-order valence-corrected chi connectivity index (χ1v) is 12.3. The van der Waals surface area contributed by atoms with Crippen LogP contribution in [0.5, 0.6) is 0 Å². The van der Waals surface area contributed by atoms with Gasteiger partial charge in [0.2, 0.25) is 5.95 Å². The van der Waals surface area contributed by atoms with E-state index in [9.17, 15) is 13.6 Å². The summed E-state index contributed by atoms with van der Waals surface area (Å²) in [5.41, 5.74) is 0.961. The van der Waals surface area contributed by atoms with Crippen LogP contribution in [0.1, 0.15) is 49.6 Å². The molecule has 2 N–H and O–H groups in total. The largest absolute Gasteiger partial charge is 0.324 e. The summed E-state index contributed by atoms with van der Waals surface area (Å²) in [7, 11) is 0. The third kappa shape index (κ3) is 4.07. The molecule has 37 heavy (non-hydrogen) atoms. The maximum atomic E-state index is 15.2. The number of nitrogens with zero attached hydrogens (tertiary/aromatic N) is 5. The zero-order valence-corrected chi connectivity index (χ0v) is 20.4. The minimum absolute atomic E-state index is 0.0874. The SMILES string of the molecule is CC(C)n1c(=O)c2cnc(Nc3ccc4c(c3)CNCC4)nc2n1-c1cccc(C2(F)CC(F)(F)C2)n1. The van der Waals surface area contributed by atoms with E-state index in [4.69, 9.17) is 0 Å². The topological polar surface area (TPSA) is 89.7 Å². The number of rotatable bonds is 5. The number of nitrogens with one attached hydrogen (secondary N) is 2. The van der Waals surface area contributed by atoms with Crippen molar-refractivity contribution in [3.8, 4) is 5.82 Å². The Balaban J connectivity index is 1.43. The molecule has 0 saturated heterocycles. The number of pyridine rings is 1. The molecule has 0 atom stereocenters. The van der Waals surface area contributed by atoms with E-state index in [0.717, 1.165) is 25.2 Å². The first kappa shape index (κ1) is 23.7. The first-order valence-electron chi connectivity index (χ1n) is 12.3. The van der Waals surface area contributed by atoms with Crippen molar-refractivity contribution < 1.29 is 13.2 Å². The predicted molar refractivity (Wildman–Crippen MR) is 133 cm³/mol. The van der Waals surface area contributed by atoms with Gasteiger partial charge in [0, 0.05) is 24.5 Å². The van der Waals surface area contributed by atoms with E-state index in [0.29, 0.717) is 0 Å². The van der Waals surface area contributed by atoms with Crippen molar-refractivity contribution in [2.75, 3.05) is 11.9 Å². The highest BCUT2D eigenvalue weighted by Gasteiger charge is 2.59. The van der Waals surface area contributed by atoms with Gasteiger partial charge < -0.3 is 10.6 Å². The van der Waals surface area contributed by atoms with Crippen molar-refractivity contribution in [2.24, 2.45) is 0 Å². The van der Waals surface area contributed by atoms with Gasteiger partial charge in [-0.3, -0.25) is 4.79 Å². The maximum Gasteiger partial charge on any atom is 0.278 e. The fourth-order valence-corrected chi connectivity index (χ4v) is 5.17. The molecule has 192 valence electrons. The van der Waals surface area contributed by atoms with Crippen molar-refractivity contribution in [2.45, 2.75) is 57.3 Å². The maximum absolute atomic E-state index is 15.2. The van der Waals surface area contributed by atoms with Crippen LogP contribution in [-0.2, 0) is 18.6 Å². The molecular weight excluding hydrogens is 483 g/mol. The molecule has 1 aromatic carbocycles. The molecule has 1 saturated carbocycles. The number of hydrogen-bond donors (Lipinski definition) is 2. The molecule has 4 heterocycles.